The zero-order chi connectivity index (χ0) is 26.6. The molecule has 0 aliphatic carbocycles. The summed E-state index contributed by atoms with van der Waals surface area (Å²) in [7, 11) is 0. The van der Waals surface area contributed by atoms with Crippen LogP contribution in [0.15, 0.2) is 53.6 Å². The van der Waals surface area contributed by atoms with Crippen LogP contribution < -0.4 is 15.2 Å². The number of hydrazone groups is 1. The van der Waals surface area contributed by atoms with E-state index in [0.717, 1.165) is 50.2 Å². The number of nitrogens with one attached hydrogen (secondary N) is 1. The maximum absolute atomic E-state index is 4.89. The van der Waals surface area contributed by atoms with Crippen molar-refractivity contribution in [3.63, 3.8) is 0 Å². The van der Waals surface area contributed by atoms with Crippen molar-refractivity contribution in [1.82, 2.24) is 19.5 Å². The van der Waals surface area contributed by atoms with Gasteiger partial charge in [-0.1, -0.05) is 42.5 Å². The van der Waals surface area contributed by atoms with Crippen LogP contribution in [-0.2, 0) is 6.54 Å². The molecule has 2 fully saturated rings. The van der Waals surface area contributed by atoms with Gasteiger partial charge in [-0.3, -0.25) is 0 Å². The molecule has 0 bridgehead atoms. The van der Waals surface area contributed by atoms with Gasteiger partial charge in [0.05, 0.1) is 6.21 Å². The predicted molar refractivity (Wildman–Crippen MR) is 160 cm³/mol. The minimum Gasteiger partial charge on any atom is -0.341 e. The standard InChI is InChI=1S/C31H38N8/c1-23-13-5-6-14-25(23)22-39-24(2)27(26-15-7-8-16-28(26)39)21-32-36-29-33-30(37-17-9-3-10-18-37)35-31(34-29)38-19-11-4-12-20-38/h5-8,13-16,21H,3-4,9-12,17-20,22H2,1-2H3,(H,33,34,35,36). The third-order valence-electron chi connectivity index (χ3n) is 8.12. The zero-order valence-electron chi connectivity index (χ0n) is 23.1. The van der Waals surface area contributed by atoms with Gasteiger partial charge in [0.25, 0.3) is 0 Å². The van der Waals surface area contributed by atoms with Gasteiger partial charge in [-0.2, -0.15) is 20.1 Å². The molecule has 4 aromatic rings. The molecule has 2 aromatic heterocycles. The first-order valence-electron chi connectivity index (χ1n) is 14.3. The van der Waals surface area contributed by atoms with Crippen molar-refractivity contribution in [2.24, 2.45) is 5.10 Å². The molecule has 6 rings (SSSR count). The van der Waals surface area contributed by atoms with E-state index in [1.54, 1.807) is 0 Å². The second-order valence-corrected chi connectivity index (χ2v) is 10.8. The van der Waals surface area contributed by atoms with Gasteiger partial charge >= 0.3 is 0 Å². The third kappa shape index (κ3) is 5.46. The van der Waals surface area contributed by atoms with Gasteiger partial charge in [-0.25, -0.2) is 5.43 Å². The lowest BCUT2D eigenvalue weighted by molar-refractivity contribution is 0.556. The van der Waals surface area contributed by atoms with Crippen LogP contribution in [-0.4, -0.2) is 51.9 Å². The normalized spacial score (nSPS) is 16.4. The minimum absolute atomic E-state index is 0.503. The van der Waals surface area contributed by atoms with Crippen LogP contribution in [0.3, 0.4) is 0 Å². The monoisotopic (exact) mass is 522 g/mol. The van der Waals surface area contributed by atoms with E-state index in [1.807, 2.05) is 6.21 Å². The lowest BCUT2D eigenvalue weighted by atomic mass is 10.1. The van der Waals surface area contributed by atoms with Gasteiger partial charge < -0.3 is 14.4 Å². The van der Waals surface area contributed by atoms with Crippen LogP contribution in [0.5, 0.6) is 0 Å². The molecule has 0 amide bonds. The summed E-state index contributed by atoms with van der Waals surface area (Å²) in [6, 6.07) is 17.1. The number of rotatable bonds is 7. The Morgan fingerprint density at radius 1 is 0.769 bits per heavy atom. The summed E-state index contributed by atoms with van der Waals surface area (Å²) in [6.45, 7) is 9.14. The number of anilines is 3. The predicted octanol–water partition coefficient (Wildman–Crippen LogP) is 5.92. The molecule has 0 radical (unpaired) electrons. The Labute approximate surface area is 230 Å². The molecule has 8 heteroatoms. The number of piperidine rings is 2. The molecular formula is C31H38N8. The van der Waals surface area contributed by atoms with Crippen molar-refractivity contribution < 1.29 is 0 Å². The number of benzene rings is 2. The molecule has 0 atom stereocenters. The first-order chi connectivity index (χ1) is 19.2. The van der Waals surface area contributed by atoms with Crippen molar-refractivity contribution in [1.29, 1.82) is 0 Å². The average molecular weight is 523 g/mol. The van der Waals surface area contributed by atoms with E-state index in [-0.39, 0.29) is 0 Å². The van der Waals surface area contributed by atoms with Crippen molar-refractivity contribution in [3.05, 3.63) is 70.9 Å². The van der Waals surface area contributed by atoms with E-state index in [2.05, 4.69) is 87.3 Å². The molecule has 39 heavy (non-hydrogen) atoms. The van der Waals surface area contributed by atoms with E-state index in [4.69, 9.17) is 15.0 Å². The Bertz CT molecular complexity index is 1420. The summed E-state index contributed by atoms with van der Waals surface area (Å²) in [5.41, 5.74) is 9.28. The molecule has 2 aromatic carbocycles. The van der Waals surface area contributed by atoms with Crippen molar-refractivity contribution in [2.45, 2.75) is 58.9 Å². The van der Waals surface area contributed by atoms with Gasteiger partial charge in [0.1, 0.15) is 0 Å². The van der Waals surface area contributed by atoms with E-state index in [0.29, 0.717) is 5.95 Å². The first-order valence-corrected chi connectivity index (χ1v) is 14.3. The van der Waals surface area contributed by atoms with Crippen LogP contribution in [0.25, 0.3) is 10.9 Å². The summed E-state index contributed by atoms with van der Waals surface area (Å²) in [5.74, 6) is 2.02. The molecule has 8 nitrogen and oxygen atoms in total. The molecule has 2 aliphatic heterocycles. The van der Waals surface area contributed by atoms with Crippen molar-refractivity contribution in [2.75, 3.05) is 41.4 Å². The second kappa shape index (κ2) is 11.4. The van der Waals surface area contributed by atoms with Gasteiger partial charge in [0.15, 0.2) is 0 Å². The van der Waals surface area contributed by atoms with E-state index in [1.165, 1.54) is 66.2 Å². The van der Waals surface area contributed by atoms with Gasteiger partial charge in [0.2, 0.25) is 17.8 Å². The molecule has 0 unspecified atom stereocenters. The smallest absolute Gasteiger partial charge is 0.250 e. The van der Waals surface area contributed by atoms with Crippen LogP contribution in [0, 0.1) is 13.8 Å². The van der Waals surface area contributed by atoms with Crippen LogP contribution in [0.4, 0.5) is 17.8 Å². The van der Waals surface area contributed by atoms with Gasteiger partial charge in [0, 0.05) is 54.9 Å². The first kappa shape index (κ1) is 25.3. The lowest BCUT2D eigenvalue weighted by Gasteiger charge is -2.30. The fraction of sp³-hybridized carbons (Fsp3) is 0.419. The van der Waals surface area contributed by atoms with Crippen molar-refractivity contribution in [3.8, 4) is 0 Å². The highest BCUT2D eigenvalue weighted by atomic mass is 15.4. The SMILES string of the molecule is Cc1ccccc1Cn1c(C)c(C=NNc2nc(N3CCCCC3)nc(N3CCCCC3)n2)c2ccccc21. The molecule has 0 saturated carbocycles. The molecule has 0 spiro atoms. The quantitative estimate of drug-likeness (QED) is 0.240. The minimum atomic E-state index is 0.503. The summed E-state index contributed by atoms with van der Waals surface area (Å²) < 4.78 is 2.38. The summed E-state index contributed by atoms with van der Waals surface area (Å²) in [4.78, 5) is 19.0. The number of aromatic nitrogens is 4. The van der Waals surface area contributed by atoms with Crippen molar-refractivity contribution >= 4 is 35.0 Å². The second-order valence-electron chi connectivity index (χ2n) is 10.8. The topological polar surface area (TPSA) is 74.5 Å². The fourth-order valence-electron chi connectivity index (χ4n) is 5.81. The summed E-state index contributed by atoms with van der Waals surface area (Å²) in [5, 5.41) is 5.84. The largest absolute Gasteiger partial charge is 0.341 e. The fourth-order valence-corrected chi connectivity index (χ4v) is 5.81. The third-order valence-corrected chi connectivity index (χ3v) is 8.12. The van der Waals surface area contributed by atoms with Gasteiger partial charge in [-0.05, 0) is 69.6 Å². The van der Waals surface area contributed by atoms with E-state index < -0.39 is 0 Å². The molecule has 1 N–H and O–H groups in total. The number of hydrogen-bond donors (Lipinski definition) is 1. The Kier molecular flexibility index (Phi) is 7.43. The molecular weight excluding hydrogens is 484 g/mol. The van der Waals surface area contributed by atoms with Crippen LogP contribution in [0.1, 0.15) is 60.9 Å². The highest BCUT2D eigenvalue weighted by molar-refractivity contribution is 6.01. The number of fused-ring (bicyclic) bond motifs is 1. The average Bonchev–Trinajstić information content (AvgIpc) is 3.25. The number of hydrogen-bond acceptors (Lipinski definition) is 7. The Balaban J connectivity index is 1.30. The van der Waals surface area contributed by atoms with Crippen LogP contribution >= 0.6 is 0 Å². The Morgan fingerprint density at radius 2 is 1.38 bits per heavy atom. The van der Waals surface area contributed by atoms with E-state index in [9.17, 15) is 0 Å². The highest BCUT2D eigenvalue weighted by Crippen LogP contribution is 2.27. The number of para-hydroxylation sites is 1. The zero-order valence-corrected chi connectivity index (χ0v) is 23.1. The molecule has 4 heterocycles. The molecule has 202 valence electrons. The number of nitrogens with zero attached hydrogens (tertiary/aromatic N) is 7. The maximum atomic E-state index is 4.89. The maximum Gasteiger partial charge on any atom is 0.250 e. The summed E-state index contributed by atoms with van der Waals surface area (Å²) in [6.07, 6.45) is 9.17. The number of aryl methyl sites for hydroxylation is 1. The Morgan fingerprint density at radius 3 is 2.05 bits per heavy atom. The molecule has 2 aliphatic rings. The molecule has 2 saturated heterocycles. The van der Waals surface area contributed by atoms with E-state index >= 15 is 0 Å². The van der Waals surface area contributed by atoms with Gasteiger partial charge in [-0.15, -0.1) is 0 Å². The summed E-state index contributed by atoms with van der Waals surface area (Å²) >= 11 is 0. The lowest BCUT2D eigenvalue weighted by Crippen LogP contribution is -2.34. The Hall–Kier alpha value is -3.94. The van der Waals surface area contributed by atoms with Crippen LogP contribution in [0.2, 0.25) is 0 Å². The highest BCUT2D eigenvalue weighted by Gasteiger charge is 2.20.